The summed E-state index contributed by atoms with van der Waals surface area (Å²) in [5, 5.41) is 0.779. The van der Waals surface area contributed by atoms with Crippen LogP contribution in [0.4, 0.5) is 10.9 Å². The van der Waals surface area contributed by atoms with Crippen LogP contribution in [-0.4, -0.2) is 42.5 Å². The van der Waals surface area contributed by atoms with Gasteiger partial charge in [0.25, 0.3) is 5.91 Å². The summed E-state index contributed by atoms with van der Waals surface area (Å²) in [6.07, 6.45) is 2.22. The van der Waals surface area contributed by atoms with E-state index < -0.39 is 0 Å². The normalized spacial score (nSPS) is 14.8. The van der Waals surface area contributed by atoms with Crippen molar-refractivity contribution >= 4 is 28.2 Å². The van der Waals surface area contributed by atoms with Crippen LogP contribution in [0.3, 0.4) is 0 Å². The first-order valence-electron chi connectivity index (χ1n) is 6.64. The molecule has 6 heteroatoms. The van der Waals surface area contributed by atoms with Gasteiger partial charge in [0.05, 0.1) is 0 Å². The van der Waals surface area contributed by atoms with Crippen molar-refractivity contribution in [2.24, 2.45) is 5.92 Å². The van der Waals surface area contributed by atoms with Gasteiger partial charge in [0.15, 0.2) is 5.13 Å². The Balaban J connectivity index is 2.21. The van der Waals surface area contributed by atoms with Crippen molar-refractivity contribution in [1.29, 1.82) is 0 Å². The van der Waals surface area contributed by atoms with Gasteiger partial charge in [-0.15, -0.1) is 0 Å². The Hall–Kier alpha value is -1.30. The molecule has 0 aromatic carbocycles. The second-order valence-corrected chi connectivity index (χ2v) is 6.67. The molecule has 1 aliphatic carbocycles. The number of rotatable bonds is 5. The monoisotopic (exact) mass is 282 g/mol. The van der Waals surface area contributed by atoms with E-state index in [4.69, 9.17) is 5.73 Å². The second-order valence-electron chi connectivity index (χ2n) is 5.69. The van der Waals surface area contributed by atoms with E-state index in [0.717, 1.165) is 24.5 Å². The molecule has 0 bridgehead atoms. The number of hydrogen-bond donors (Lipinski definition) is 1. The zero-order valence-electron chi connectivity index (χ0n) is 12.0. The number of aromatic nitrogens is 1. The quantitative estimate of drug-likeness (QED) is 0.898. The Kier molecular flexibility index (Phi) is 3.99. The predicted octanol–water partition coefficient (Wildman–Crippen LogP) is 2.05. The molecule has 0 saturated heterocycles. The van der Waals surface area contributed by atoms with E-state index in [2.05, 4.69) is 18.8 Å². The molecule has 106 valence electrons. The van der Waals surface area contributed by atoms with E-state index in [0.29, 0.717) is 22.7 Å². The molecule has 0 aliphatic heterocycles. The maximum Gasteiger partial charge on any atom is 0.268 e. The highest BCUT2D eigenvalue weighted by Gasteiger charge is 2.35. The van der Waals surface area contributed by atoms with Gasteiger partial charge in [0, 0.05) is 26.7 Å². The van der Waals surface area contributed by atoms with Gasteiger partial charge in [-0.1, -0.05) is 25.2 Å². The maximum absolute atomic E-state index is 12.6. The summed E-state index contributed by atoms with van der Waals surface area (Å²) in [6, 6.07) is 0.402. The lowest BCUT2D eigenvalue weighted by Crippen LogP contribution is -2.36. The van der Waals surface area contributed by atoms with Gasteiger partial charge >= 0.3 is 0 Å². The third-order valence-corrected chi connectivity index (χ3v) is 4.26. The van der Waals surface area contributed by atoms with Crippen LogP contribution in [0.2, 0.25) is 0 Å². The first kappa shape index (κ1) is 14.1. The fourth-order valence-corrected chi connectivity index (χ4v) is 2.84. The number of nitrogens with zero attached hydrogens (tertiary/aromatic N) is 3. The fraction of sp³-hybridized carbons (Fsp3) is 0.692. The first-order valence-corrected chi connectivity index (χ1v) is 7.46. The van der Waals surface area contributed by atoms with Crippen LogP contribution in [0.25, 0.3) is 0 Å². The van der Waals surface area contributed by atoms with Crippen molar-refractivity contribution < 1.29 is 4.79 Å². The summed E-state index contributed by atoms with van der Waals surface area (Å²) < 4.78 is 0. The molecule has 1 amide bonds. The molecular formula is C13H22N4OS. The van der Waals surface area contributed by atoms with Crippen molar-refractivity contribution in [3.63, 3.8) is 0 Å². The Bertz CT molecular complexity index is 465. The average Bonchev–Trinajstić information content (AvgIpc) is 3.07. The number of hydrogen-bond acceptors (Lipinski definition) is 5. The molecular weight excluding hydrogens is 260 g/mol. The smallest absolute Gasteiger partial charge is 0.268 e. The predicted molar refractivity (Wildman–Crippen MR) is 79.7 cm³/mol. The topological polar surface area (TPSA) is 62.5 Å². The number of nitrogens with two attached hydrogens (primary N) is 1. The van der Waals surface area contributed by atoms with Crippen LogP contribution in [0.15, 0.2) is 0 Å². The van der Waals surface area contributed by atoms with Crippen molar-refractivity contribution in [3.05, 3.63) is 4.88 Å². The van der Waals surface area contributed by atoms with E-state index in [-0.39, 0.29) is 5.91 Å². The molecule has 1 saturated carbocycles. The molecule has 1 aromatic heterocycles. The molecule has 1 fully saturated rings. The molecule has 5 nitrogen and oxygen atoms in total. The molecule has 0 spiro atoms. The average molecular weight is 282 g/mol. The van der Waals surface area contributed by atoms with E-state index in [1.807, 2.05) is 23.9 Å². The van der Waals surface area contributed by atoms with Crippen LogP contribution in [0.1, 0.15) is 36.4 Å². The fourth-order valence-electron chi connectivity index (χ4n) is 1.97. The van der Waals surface area contributed by atoms with Gasteiger partial charge in [-0.25, -0.2) is 4.98 Å². The van der Waals surface area contributed by atoms with Gasteiger partial charge in [0.1, 0.15) is 10.7 Å². The zero-order chi connectivity index (χ0) is 14.2. The van der Waals surface area contributed by atoms with Crippen molar-refractivity contribution in [1.82, 2.24) is 9.88 Å². The van der Waals surface area contributed by atoms with Gasteiger partial charge in [-0.05, 0) is 18.8 Å². The van der Waals surface area contributed by atoms with Gasteiger partial charge in [-0.3, -0.25) is 4.79 Å². The van der Waals surface area contributed by atoms with Crippen molar-refractivity contribution in [3.8, 4) is 0 Å². The zero-order valence-corrected chi connectivity index (χ0v) is 12.8. The van der Waals surface area contributed by atoms with Crippen LogP contribution >= 0.6 is 11.3 Å². The lowest BCUT2D eigenvalue weighted by Gasteiger charge is -2.23. The van der Waals surface area contributed by atoms with Crippen LogP contribution < -0.4 is 10.6 Å². The van der Waals surface area contributed by atoms with E-state index >= 15 is 0 Å². The molecule has 1 heterocycles. The summed E-state index contributed by atoms with van der Waals surface area (Å²) >= 11 is 1.37. The summed E-state index contributed by atoms with van der Waals surface area (Å²) in [6.45, 7) is 5.05. The number of carbonyl (C=O) groups is 1. The lowest BCUT2D eigenvalue weighted by molar-refractivity contribution is 0.0728. The highest BCUT2D eigenvalue weighted by atomic mass is 32.1. The molecule has 2 rings (SSSR count). The minimum atomic E-state index is 0.0410. The Morgan fingerprint density at radius 1 is 1.47 bits per heavy atom. The highest BCUT2D eigenvalue weighted by molar-refractivity contribution is 7.18. The second kappa shape index (κ2) is 5.36. The van der Waals surface area contributed by atoms with E-state index in [1.165, 1.54) is 11.3 Å². The number of amides is 1. The van der Waals surface area contributed by atoms with Crippen molar-refractivity contribution in [2.75, 3.05) is 31.3 Å². The number of nitrogen functional groups attached to an aromatic ring is 1. The molecule has 2 N–H and O–H groups in total. The van der Waals surface area contributed by atoms with Crippen LogP contribution in [0.5, 0.6) is 0 Å². The number of carbonyl (C=O) groups excluding carboxylic acids is 1. The standard InChI is InChI=1S/C13H22N4OS/c1-8(2)7-17(9-5-6-9)12(18)10-11(14)15-13(19-10)16(3)4/h8-9H,5-7,14H2,1-4H3. The summed E-state index contributed by atoms with van der Waals surface area (Å²) in [5.41, 5.74) is 5.89. The van der Waals surface area contributed by atoms with Gasteiger partial charge < -0.3 is 15.5 Å². The molecule has 0 unspecified atom stereocenters. The lowest BCUT2D eigenvalue weighted by atomic mass is 10.2. The van der Waals surface area contributed by atoms with Crippen LogP contribution in [-0.2, 0) is 0 Å². The largest absolute Gasteiger partial charge is 0.382 e. The first-order chi connectivity index (χ1) is 8.90. The summed E-state index contributed by atoms with van der Waals surface area (Å²) in [7, 11) is 3.80. The number of anilines is 2. The summed E-state index contributed by atoms with van der Waals surface area (Å²) in [4.78, 5) is 21.3. The number of thiazole rings is 1. The van der Waals surface area contributed by atoms with Crippen LogP contribution in [0, 0.1) is 5.92 Å². The molecule has 1 aliphatic rings. The van der Waals surface area contributed by atoms with Gasteiger partial charge in [-0.2, -0.15) is 0 Å². The summed E-state index contributed by atoms with van der Waals surface area (Å²) in [5.74, 6) is 0.861. The third kappa shape index (κ3) is 3.18. The minimum Gasteiger partial charge on any atom is -0.382 e. The van der Waals surface area contributed by atoms with Gasteiger partial charge in [0.2, 0.25) is 0 Å². The molecule has 1 aromatic rings. The Morgan fingerprint density at radius 2 is 2.11 bits per heavy atom. The van der Waals surface area contributed by atoms with E-state index in [9.17, 15) is 4.79 Å². The Morgan fingerprint density at radius 3 is 2.53 bits per heavy atom. The third-order valence-electron chi connectivity index (χ3n) is 3.03. The highest BCUT2D eigenvalue weighted by Crippen LogP contribution is 2.33. The molecule has 19 heavy (non-hydrogen) atoms. The Labute approximate surface area is 118 Å². The maximum atomic E-state index is 12.6. The van der Waals surface area contributed by atoms with Crippen molar-refractivity contribution in [2.45, 2.75) is 32.7 Å². The van der Waals surface area contributed by atoms with E-state index in [1.54, 1.807) is 0 Å². The molecule has 0 radical (unpaired) electrons. The minimum absolute atomic E-state index is 0.0410. The SMILES string of the molecule is CC(C)CN(C(=O)c1sc(N(C)C)nc1N)C1CC1. The molecule has 0 atom stereocenters.